The summed E-state index contributed by atoms with van der Waals surface area (Å²) in [6, 6.07) is 15.9. The highest BCUT2D eigenvalue weighted by Crippen LogP contribution is 2.52. The largest absolute Gasteiger partial charge is 0.507 e. The van der Waals surface area contributed by atoms with Gasteiger partial charge in [-0.25, -0.2) is 0 Å². The molecule has 1 saturated heterocycles. The highest BCUT2D eigenvalue weighted by molar-refractivity contribution is 8.03. The van der Waals surface area contributed by atoms with E-state index in [0.29, 0.717) is 45.7 Å². The highest BCUT2D eigenvalue weighted by Gasteiger charge is 2.45. The van der Waals surface area contributed by atoms with E-state index >= 15 is 0 Å². The van der Waals surface area contributed by atoms with Crippen molar-refractivity contribution in [1.29, 1.82) is 0 Å². The van der Waals surface area contributed by atoms with E-state index in [2.05, 4.69) is 18.7 Å². The summed E-state index contributed by atoms with van der Waals surface area (Å²) in [5.74, 6) is 0.532. The Labute approximate surface area is 202 Å². The molecule has 2 heterocycles. The topological polar surface area (TPSA) is 57.6 Å². The number of halogens is 1. The van der Waals surface area contributed by atoms with Crippen LogP contribution in [0.3, 0.4) is 0 Å². The van der Waals surface area contributed by atoms with Crippen molar-refractivity contribution < 1.29 is 14.7 Å². The number of benzene rings is 2. The Morgan fingerprint density at radius 2 is 1.73 bits per heavy atom. The van der Waals surface area contributed by atoms with Crippen LogP contribution >= 0.6 is 23.4 Å². The number of aliphatic hydroxyl groups excluding tert-OH is 1. The first-order valence-corrected chi connectivity index (χ1v) is 12.3. The van der Waals surface area contributed by atoms with Crippen LogP contribution < -0.4 is 0 Å². The Hall–Kier alpha value is -2.76. The van der Waals surface area contributed by atoms with Gasteiger partial charge in [0, 0.05) is 51.7 Å². The van der Waals surface area contributed by atoms with Gasteiger partial charge in [-0.1, -0.05) is 55.8 Å². The average Bonchev–Trinajstić information content (AvgIpc) is 3.28. The molecule has 168 valence electrons. The maximum absolute atomic E-state index is 13.9. The minimum absolute atomic E-state index is 0.0314. The van der Waals surface area contributed by atoms with Gasteiger partial charge in [-0.3, -0.25) is 9.59 Å². The lowest BCUT2D eigenvalue weighted by Crippen LogP contribution is -2.37. The van der Waals surface area contributed by atoms with Crippen molar-refractivity contribution in [2.75, 3.05) is 12.3 Å². The van der Waals surface area contributed by atoms with Gasteiger partial charge in [-0.05, 0) is 36.1 Å². The Kier molecular flexibility index (Phi) is 5.50. The number of rotatable bonds is 3. The molecule has 0 radical (unpaired) electrons. The fourth-order valence-corrected chi connectivity index (χ4v) is 6.13. The third kappa shape index (κ3) is 3.83. The van der Waals surface area contributed by atoms with Crippen LogP contribution in [0.4, 0.5) is 0 Å². The molecule has 2 aliphatic heterocycles. The molecule has 0 atom stereocenters. The summed E-state index contributed by atoms with van der Waals surface area (Å²) in [6.07, 6.45) is 1.09. The lowest BCUT2D eigenvalue weighted by molar-refractivity contribution is -0.118. The number of nitrogens with zero attached hydrogens (tertiary/aromatic N) is 1. The summed E-state index contributed by atoms with van der Waals surface area (Å²) in [4.78, 5) is 29.6. The van der Waals surface area contributed by atoms with Crippen LogP contribution in [-0.2, 0) is 4.79 Å². The number of fused-ring (bicyclic) bond motifs is 2. The Morgan fingerprint density at radius 3 is 2.42 bits per heavy atom. The number of Topliss-reactive ketones (excluding diaryl/α,β-unsaturated/α-hetero) is 2. The number of aliphatic hydroxyl groups is 1. The highest BCUT2D eigenvalue weighted by atomic mass is 35.5. The predicted octanol–water partition coefficient (Wildman–Crippen LogP) is 6.41. The van der Waals surface area contributed by atoms with Gasteiger partial charge in [0.2, 0.25) is 0 Å². The van der Waals surface area contributed by atoms with E-state index in [1.165, 1.54) is 0 Å². The van der Waals surface area contributed by atoms with E-state index in [1.54, 1.807) is 48.2 Å². The second-order valence-electron chi connectivity index (χ2n) is 9.37. The molecular weight excluding hydrogens is 454 g/mol. The van der Waals surface area contributed by atoms with Gasteiger partial charge in [0.25, 0.3) is 0 Å². The molecule has 0 saturated carbocycles. The lowest BCUT2D eigenvalue weighted by Gasteiger charge is -2.41. The van der Waals surface area contributed by atoms with Gasteiger partial charge in [-0.15, -0.1) is 11.8 Å². The molecule has 0 bridgehead atoms. The van der Waals surface area contributed by atoms with Crippen LogP contribution in [0.15, 0.2) is 82.0 Å². The first kappa shape index (κ1) is 22.1. The second kappa shape index (κ2) is 8.23. The number of thioether (sulfide) groups is 1. The van der Waals surface area contributed by atoms with Gasteiger partial charge in [0.05, 0.1) is 10.6 Å². The van der Waals surface area contributed by atoms with Gasteiger partial charge in [0.1, 0.15) is 5.76 Å². The zero-order valence-electron chi connectivity index (χ0n) is 18.5. The van der Waals surface area contributed by atoms with Crippen molar-refractivity contribution in [1.82, 2.24) is 4.90 Å². The summed E-state index contributed by atoms with van der Waals surface area (Å²) in [7, 11) is 0. The molecule has 0 aromatic heterocycles. The zero-order valence-corrected chi connectivity index (χ0v) is 20.1. The van der Waals surface area contributed by atoms with Crippen LogP contribution in [0.1, 0.15) is 42.6 Å². The molecule has 1 aliphatic carbocycles. The van der Waals surface area contributed by atoms with Crippen molar-refractivity contribution in [3.05, 3.63) is 98.2 Å². The maximum atomic E-state index is 13.9. The minimum Gasteiger partial charge on any atom is -0.507 e. The van der Waals surface area contributed by atoms with Crippen molar-refractivity contribution in [2.45, 2.75) is 26.7 Å². The monoisotopic (exact) mass is 477 g/mol. The molecule has 33 heavy (non-hydrogen) atoms. The van der Waals surface area contributed by atoms with Crippen molar-refractivity contribution in [2.24, 2.45) is 5.41 Å². The van der Waals surface area contributed by atoms with Crippen LogP contribution in [0.25, 0.3) is 5.76 Å². The number of carbonyl (C=O) groups is 2. The average molecular weight is 478 g/mol. The Bertz CT molecular complexity index is 1260. The Morgan fingerprint density at radius 1 is 1.03 bits per heavy atom. The standard InChI is InChI=1S/C27H24ClNO3S/c1-27(2)14-19-21(20(30)15-27)22(24(31)16-6-4-3-5-7-16)23(26-29(19)12-13-33-26)25(32)17-8-10-18(28)11-9-17/h3-11,31H,12-15H2,1-2H3. The van der Waals surface area contributed by atoms with E-state index < -0.39 is 0 Å². The second-order valence-corrected chi connectivity index (χ2v) is 10.9. The molecule has 4 nitrogen and oxygen atoms in total. The zero-order chi connectivity index (χ0) is 23.3. The molecular formula is C27H24ClNO3S. The summed E-state index contributed by atoms with van der Waals surface area (Å²) in [5.41, 5.74) is 3.03. The SMILES string of the molecule is CC1(C)CC(=O)C2=C(C1)N1CCSC1=C(C(=O)c1ccc(Cl)cc1)C2=C(O)c1ccccc1. The smallest absolute Gasteiger partial charge is 0.196 e. The predicted molar refractivity (Wildman–Crippen MR) is 133 cm³/mol. The molecule has 3 aliphatic rings. The number of hydrogen-bond acceptors (Lipinski definition) is 5. The van der Waals surface area contributed by atoms with Crippen molar-refractivity contribution in [3.8, 4) is 0 Å². The van der Waals surface area contributed by atoms with E-state index in [4.69, 9.17) is 11.6 Å². The summed E-state index contributed by atoms with van der Waals surface area (Å²) in [5, 5.41) is 12.9. The van der Waals surface area contributed by atoms with E-state index in [9.17, 15) is 14.7 Å². The summed E-state index contributed by atoms with van der Waals surface area (Å²) >= 11 is 7.65. The van der Waals surface area contributed by atoms with Crippen LogP contribution in [-0.4, -0.2) is 33.9 Å². The maximum Gasteiger partial charge on any atom is 0.196 e. The molecule has 0 unspecified atom stereocenters. The van der Waals surface area contributed by atoms with Gasteiger partial charge >= 0.3 is 0 Å². The molecule has 5 rings (SSSR count). The molecule has 1 fully saturated rings. The number of allylic oxidation sites excluding steroid dienone is 4. The number of carbonyl (C=O) groups excluding carboxylic acids is 2. The summed E-state index contributed by atoms with van der Waals surface area (Å²) in [6.45, 7) is 4.92. The van der Waals surface area contributed by atoms with Gasteiger partial charge in [0.15, 0.2) is 11.6 Å². The first-order valence-electron chi connectivity index (χ1n) is 11.0. The third-order valence-electron chi connectivity index (χ3n) is 6.31. The fraction of sp³-hybridized carbons (Fsp3) is 0.259. The molecule has 2 aromatic carbocycles. The fourth-order valence-electron chi connectivity index (χ4n) is 4.85. The van der Waals surface area contributed by atoms with Gasteiger partial charge < -0.3 is 10.0 Å². The lowest BCUT2D eigenvalue weighted by atomic mass is 9.71. The quantitative estimate of drug-likeness (QED) is 0.409. The molecule has 1 N–H and O–H groups in total. The molecule has 0 spiro atoms. The number of ketones is 2. The Balaban J connectivity index is 1.79. The van der Waals surface area contributed by atoms with Crippen molar-refractivity contribution >= 4 is 40.7 Å². The summed E-state index contributed by atoms with van der Waals surface area (Å²) < 4.78 is 0. The van der Waals surface area contributed by atoms with E-state index in [1.807, 2.05) is 18.2 Å². The molecule has 6 heteroatoms. The molecule has 0 amide bonds. The van der Waals surface area contributed by atoms with Crippen LogP contribution in [0, 0.1) is 5.41 Å². The first-order chi connectivity index (χ1) is 15.8. The minimum atomic E-state index is -0.220. The van der Waals surface area contributed by atoms with Crippen LogP contribution in [0.2, 0.25) is 5.02 Å². The third-order valence-corrected chi connectivity index (χ3v) is 7.65. The van der Waals surface area contributed by atoms with Crippen molar-refractivity contribution in [3.63, 3.8) is 0 Å². The molecule has 2 aromatic rings. The van der Waals surface area contributed by atoms with E-state index in [0.717, 1.165) is 23.0 Å². The van der Waals surface area contributed by atoms with E-state index in [-0.39, 0.29) is 22.7 Å². The van der Waals surface area contributed by atoms with Gasteiger partial charge in [-0.2, -0.15) is 0 Å². The number of hydrogen-bond donors (Lipinski definition) is 1. The van der Waals surface area contributed by atoms with Crippen LogP contribution in [0.5, 0.6) is 0 Å². The normalized spacial score (nSPS) is 21.2.